The van der Waals surface area contributed by atoms with Crippen LogP contribution in [0.25, 0.3) is 11.3 Å². The number of rotatable bonds is 6. The summed E-state index contributed by atoms with van der Waals surface area (Å²) in [6.07, 6.45) is 0. The molecule has 0 aliphatic carbocycles. The van der Waals surface area contributed by atoms with Gasteiger partial charge in [0.25, 0.3) is 0 Å². The van der Waals surface area contributed by atoms with Gasteiger partial charge in [0.1, 0.15) is 0 Å². The van der Waals surface area contributed by atoms with Crippen LogP contribution in [0.1, 0.15) is 41.7 Å². The van der Waals surface area contributed by atoms with Crippen molar-refractivity contribution < 1.29 is 0 Å². The molecular weight excluding hydrogens is 362 g/mol. The maximum Gasteiger partial charge on any atom is 0.0525 e. The zero-order chi connectivity index (χ0) is 20.1. The smallest absolute Gasteiger partial charge is 0.0525 e. The van der Waals surface area contributed by atoms with Crippen LogP contribution in [0.5, 0.6) is 0 Å². The highest BCUT2D eigenvalue weighted by molar-refractivity contribution is 6.30. The molecule has 0 amide bonds. The average Bonchev–Trinajstić information content (AvgIpc) is 2.71. The first kappa shape index (κ1) is 20.2. The third kappa shape index (κ3) is 4.48. The molecule has 2 heteroatoms. The summed E-state index contributed by atoms with van der Waals surface area (Å²) >= 11 is 6.18. The van der Waals surface area contributed by atoms with Gasteiger partial charge in [-0.3, -0.25) is 0 Å². The molecule has 0 aliphatic rings. The predicted octanol–water partition coefficient (Wildman–Crippen LogP) is 7.22. The molecule has 1 nitrogen and oxygen atoms in total. The Balaban J connectivity index is 2.35. The number of aryl methyl sites for hydroxylation is 2. The van der Waals surface area contributed by atoms with Crippen LogP contribution in [-0.4, -0.2) is 18.0 Å². The molecule has 3 aromatic carbocycles. The van der Waals surface area contributed by atoms with Crippen molar-refractivity contribution in [2.24, 2.45) is 0 Å². The van der Waals surface area contributed by atoms with E-state index in [-0.39, 0.29) is 0 Å². The Kier molecular flexibility index (Phi) is 6.59. The van der Waals surface area contributed by atoms with E-state index in [4.69, 9.17) is 11.6 Å². The zero-order valence-electron chi connectivity index (χ0n) is 17.2. The normalized spacial score (nSPS) is 10.6. The number of hydrogen-bond acceptors (Lipinski definition) is 1. The molecule has 0 heterocycles. The SMILES string of the molecule is CCN(CC)C(=C(c1ccc(C)cc1)c1ccc(C)cc1)c1ccc(Cl)cc1. The largest absolute Gasteiger partial charge is 0.371 e. The average molecular weight is 390 g/mol. The van der Waals surface area contributed by atoms with Crippen molar-refractivity contribution in [2.45, 2.75) is 27.7 Å². The molecule has 0 N–H and O–H groups in total. The molecule has 0 atom stereocenters. The van der Waals surface area contributed by atoms with E-state index in [1.165, 1.54) is 39.1 Å². The van der Waals surface area contributed by atoms with E-state index >= 15 is 0 Å². The first-order chi connectivity index (χ1) is 13.5. The van der Waals surface area contributed by atoms with Crippen molar-refractivity contribution in [3.8, 4) is 0 Å². The highest BCUT2D eigenvalue weighted by atomic mass is 35.5. The number of halogens is 1. The first-order valence-electron chi connectivity index (χ1n) is 9.92. The van der Waals surface area contributed by atoms with Crippen LogP contribution in [0.4, 0.5) is 0 Å². The van der Waals surface area contributed by atoms with Gasteiger partial charge in [-0.15, -0.1) is 0 Å². The summed E-state index contributed by atoms with van der Waals surface area (Å²) in [6, 6.07) is 25.8. The maximum atomic E-state index is 6.18. The van der Waals surface area contributed by atoms with Gasteiger partial charge in [-0.2, -0.15) is 0 Å². The standard InChI is InChI=1S/C26H28ClN/c1-5-28(6-2)26(23-15-17-24(27)18-16-23)25(21-11-7-19(3)8-12-21)22-13-9-20(4)10-14-22/h7-18H,5-6H2,1-4H3. The third-order valence-electron chi connectivity index (χ3n) is 5.11. The molecule has 28 heavy (non-hydrogen) atoms. The van der Waals surface area contributed by atoms with E-state index in [2.05, 4.69) is 93.3 Å². The summed E-state index contributed by atoms with van der Waals surface area (Å²) in [6.45, 7) is 10.6. The van der Waals surface area contributed by atoms with Gasteiger partial charge in [-0.1, -0.05) is 83.4 Å². The van der Waals surface area contributed by atoms with Crippen molar-refractivity contribution >= 4 is 22.9 Å². The van der Waals surface area contributed by atoms with E-state index in [0.29, 0.717) is 0 Å². The monoisotopic (exact) mass is 389 g/mol. The summed E-state index contributed by atoms with van der Waals surface area (Å²) in [7, 11) is 0. The van der Waals surface area contributed by atoms with Gasteiger partial charge in [0.15, 0.2) is 0 Å². The lowest BCUT2D eigenvalue weighted by Crippen LogP contribution is -2.23. The number of benzene rings is 3. The van der Waals surface area contributed by atoms with Crippen molar-refractivity contribution in [1.82, 2.24) is 4.90 Å². The molecule has 3 aromatic rings. The number of hydrogen-bond donors (Lipinski definition) is 0. The van der Waals surface area contributed by atoms with Crippen LogP contribution in [0, 0.1) is 13.8 Å². The Morgan fingerprint density at radius 1 is 0.643 bits per heavy atom. The van der Waals surface area contributed by atoms with Gasteiger partial charge >= 0.3 is 0 Å². The molecule has 144 valence electrons. The Labute approximate surface area is 174 Å². The summed E-state index contributed by atoms with van der Waals surface area (Å²) in [5, 5.41) is 0.759. The van der Waals surface area contributed by atoms with E-state index in [1.54, 1.807) is 0 Å². The summed E-state index contributed by atoms with van der Waals surface area (Å²) in [5.41, 5.74) is 8.67. The minimum Gasteiger partial charge on any atom is -0.371 e. The summed E-state index contributed by atoms with van der Waals surface area (Å²) < 4.78 is 0. The fourth-order valence-corrected chi connectivity index (χ4v) is 3.64. The van der Waals surface area contributed by atoms with Gasteiger partial charge in [0, 0.05) is 23.7 Å². The quantitative estimate of drug-likeness (QED) is 0.402. The molecule has 0 saturated heterocycles. The van der Waals surface area contributed by atoms with E-state index in [1.807, 2.05) is 12.1 Å². The lowest BCUT2D eigenvalue weighted by molar-refractivity contribution is 0.443. The van der Waals surface area contributed by atoms with Crippen molar-refractivity contribution in [1.29, 1.82) is 0 Å². The minimum absolute atomic E-state index is 0.759. The summed E-state index contributed by atoms with van der Waals surface area (Å²) in [4.78, 5) is 2.43. The second-order valence-electron chi connectivity index (χ2n) is 7.13. The fraction of sp³-hybridized carbons (Fsp3) is 0.231. The zero-order valence-corrected chi connectivity index (χ0v) is 17.9. The van der Waals surface area contributed by atoms with Crippen LogP contribution in [0.3, 0.4) is 0 Å². The Morgan fingerprint density at radius 2 is 1.04 bits per heavy atom. The van der Waals surface area contributed by atoms with E-state index in [0.717, 1.165) is 18.1 Å². The predicted molar refractivity (Wildman–Crippen MR) is 123 cm³/mol. The molecule has 0 aliphatic heterocycles. The van der Waals surface area contributed by atoms with Gasteiger partial charge in [0.2, 0.25) is 0 Å². The lowest BCUT2D eigenvalue weighted by Gasteiger charge is -2.29. The number of nitrogens with zero attached hydrogens (tertiary/aromatic N) is 1. The van der Waals surface area contributed by atoms with E-state index in [9.17, 15) is 0 Å². The highest BCUT2D eigenvalue weighted by Gasteiger charge is 2.18. The van der Waals surface area contributed by atoms with Gasteiger partial charge < -0.3 is 4.90 Å². The Bertz CT molecular complexity index is 884. The second kappa shape index (κ2) is 9.12. The molecule has 0 radical (unpaired) electrons. The highest BCUT2D eigenvalue weighted by Crippen LogP contribution is 2.35. The molecule has 0 unspecified atom stereocenters. The maximum absolute atomic E-state index is 6.18. The van der Waals surface area contributed by atoms with Gasteiger partial charge in [-0.05, 0) is 56.5 Å². The topological polar surface area (TPSA) is 3.24 Å². The van der Waals surface area contributed by atoms with Gasteiger partial charge in [0.05, 0.1) is 5.70 Å². The van der Waals surface area contributed by atoms with Crippen molar-refractivity contribution in [2.75, 3.05) is 13.1 Å². The molecule has 0 aromatic heterocycles. The first-order valence-corrected chi connectivity index (χ1v) is 10.3. The summed E-state index contributed by atoms with van der Waals surface area (Å²) in [5.74, 6) is 0. The minimum atomic E-state index is 0.759. The lowest BCUT2D eigenvalue weighted by atomic mass is 9.91. The molecule has 0 spiro atoms. The van der Waals surface area contributed by atoms with Gasteiger partial charge in [-0.25, -0.2) is 0 Å². The van der Waals surface area contributed by atoms with Crippen LogP contribution in [-0.2, 0) is 0 Å². The molecule has 0 bridgehead atoms. The molecular formula is C26H28ClN. The van der Waals surface area contributed by atoms with E-state index < -0.39 is 0 Å². The molecule has 3 rings (SSSR count). The van der Waals surface area contributed by atoms with Crippen LogP contribution < -0.4 is 0 Å². The Morgan fingerprint density at radius 3 is 1.43 bits per heavy atom. The van der Waals surface area contributed by atoms with Crippen LogP contribution in [0.2, 0.25) is 5.02 Å². The van der Waals surface area contributed by atoms with Crippen molar-refractivity contribution in [3.63, 3.8) is 0 Å². The van der Waals surface area contributed by atoms with Crippen molar-refractivity contribution in [3.05, 3.63) is 106 Å². The third-order valence-corrected chi connectivity index (χ3v) is 5.37. The fourth-order valence-electron chi connectivity index (χ4n) is 3.51. The molecule has 0 fully saturated rings. The Hall–Kier alpha value is -2.51. The molecule has 0 saturated carbocycles. The second-order valence-corrected chi connectivity index (χ2v) is 7.57. The van der Waals surface area contributed by atoms with Crippen LogP contribution in [0.15, 0.2) is 72.8 Å². The van der Waals surface area contributed by atoms with Crippen LogP contribution >= 0.6 is 11.6 Å².